The van der Waals surface area contributed by atoms with E-state index in [-0.39, 0.29) is 6.10 Å². The Bertz CT molecular complexity index is 536. The van der Waals surface area contributed by atoms with Gasteiger partial charge in [-0.3, -0.25) is 0 Å². The Labute approximate surface area is 117 Å². The van der Waals surface area contributed by atoms with Gasteiger partial charge in [0, 0.05) is 6.20 Å². The predicted octanol–water partition coefficient (Wildman–Crippen LogP) is 5.43. The maximum Gasteiger partial charge on any atom is 0.130 e. The van der Waals surface area contributed by atoms with Crippen molar-refractivity contribution in [2.75, 3.05) is 0 Å². The summed E-state index contributed by atoms with van der Waals surface area (Å²) in [5, 5.41) is 2.17. The summed E-state index contributed by atoms with van der Waals surface area (Å²) in [5.41, 5.74) is 0.835. The van der Waals surface area contributed by atoms with E-state index in [1.165, 1.54) is 12.8 Å². The number of H-pyrrole nitrogens is 1. The normalized spacial score (nSPS) is 12.9. The van der Waals surface area contributed by atoms with Crippen LogP contribution in [0.2, 0.25) is 10.0 Å². The van der Waals surface area contributed by atoms with Crippen molar-refractivity contribution in [2.24, 2.45) is 0 Å². The van der Waals surface area contributed by atoms with Crippen LogP contribution >= 0.6 is 23.2 Å². The van der Waals surface area contributed by atoms with E-state index in [4.69, 9.17) is 27.9 Å². The fraction of sp³-hybridized carbons (Fsp3) is 0.429. The largest absolute Gasteiger partial charge is 0.490 e. The van der Waals surface area contributed by atoms with Crippen molar-refractivity contribution in [3.63, 3.8) is 0 Å². The zero-order chi connectivity index (χ0) is 13.1. The number of hydrogen-bond donors (Lipinski definition) is 1. The van der Waals surface area contributed by atoms with Crippen molar-refractivity contribution in [2.45, 2.75) is 39.2 Å². The van der Waals surface area contributed by atoms with E-state index in [1.54, 1.807) is 6.20 Å². The van der Waals surface area contributed by atoms with Crippen LogP contribution in [0.4, 0.5) is 0 Å². The molecule has 0 aliphatic heterocycles. The average Bonchev–Trinajstić information content (AvgIpc) is 2.74. The lowest BCUT2D eigenvalue weighted by atomic mass is 10.2. The standard InChI is InChI=1S/C14H17Cl2NO/c1-3-4-5-9(2)18-12-7-6-10(15)14-13(12)11(16)8-17-14/h6-9,17H,3-5H2,1-2H3. The van der Waals surface area contributed by atoms with Gasteiger partial charge in [0.05, 0.1) is 27.1 Å². The molecule has 1 aromatic carbocycles. The SMILES string of the molecule is CCCCC(C)Oc1ccc(Cl)c2[nH]cc(Cl)c12. The van der Waals surface area contributed by atoms with Crippen molar-refractivity contribution in [3.8, 4) is 5.75 Å². The smallest absolute Gasteiger partial charge is 0.130 e. The van der Waals surface area contributed by atoms with Crippen molar-refractivity contribution in [3.05, 3.63) is 28.4 Å². The summed E-state index contributed by atoms with van der Waals surface area (Å²) in [4.78, 5) is 3.07. The van der Waals surface area contributed by atoms with E-state index in [0.717, 1.165) is 23.1 Å². The predicted molar refractivity (Wildman–Crippen MR) is 77.9 cm³/mol. The molecule has 1 aromatic heterocycles. The first-order valence-electron chi connectivity index (χ1n) is 6.25. The van der Waals surface area contributed by atoms with Crippen LogP contribution < -0.4 is 4.74 Å². The first-order chi connectivity index (χ1) is 8.63. The van der Waals surface area contributed by atoms with Crippen LogP contribution in [0, 0.1) is 0 Å². The zero-order valence-corrected chi connectivity index (χ0v) is 12.1. The highest BCUT2D eigenvalue weighted by atomic mass is 35.5. The van der Waals surface area contributed by atoms with E-state index >= 15 is 0 Å². The van der Waals surface area contributed by atoms with Gasteiger partial charge < -0.3 is 9.72 Å². The Kier molecular flexibility index (Phi) is 4.41. The number of aromatic amines is 1. The molecule has 1 atom stereocenters. The van der Waals surface area contributed by atoms with Crippen LogP contribution in [-0.2, 0) is 0 Å². The monoisotopic (exact) mass is 285 g/mol. The molecule has 1 heterocycles. The lowest BCUT2D eigenvalue weighted by molar-refractivity contribution is 0.210. The Balaban J connectivity index is 2.28. The lowest BCUT2D eigenvalue weighted by Crippen LogP contribution is -2.11. The number of unbranched alkanes of at least 4 members (excludes halogenated alkanes) is 1. The summed E-state index contributed by atoms with van der Waals surface area (Å²) in [6, 6.07) is 3.71. The second-order valence-electron chi connectivity index (χ2n) is 4.50. The molecule has 0 radical (unpaired) electrons. The number of rotatable bonds is 5. The molecule has 2 nitrogen and oxygen atoms in total. The molecule has 1 unspecified atom stereocenters. The topological polar surface area (TPSA) is 25.0 Å². The van der Waals surface area contributed by atoms with Gasteiger partial charge in [-0.1, -0.05) is 43.0 Å². The third kappa shape index (κ3) is 2.76. The van der Waals surface area contributed by atoms with Crippen molar-refractivity contribution in [1.82, 2.24) is 4.98 Å². The van der Waals surface area contributed by atoms with E-state index < -0.39 is 0 Å². The highest BCUT2D eigenvalue weighted by Gasteiger charge is 2.13. The maximum absolute atomic E-state index is 6.17. The summed E-state index contributed by atoms with van der Waals surface area (Å²) in [7, 11) is 0. The molecule has 0 saturated heterocycles. The van der Waals surface area contributed by atoms with Crippen LogP contribution in [0.1, 0.15) is 33.1 Å². The third-order valence-electron chi connectivity index (χ3n) is 2.99. The van der Waals surface area contributed by atoms with Crippen molar-refractivity contribution >= 4 is 34.1 Å². The zero-order valence-electron chi connectivity index (χ0n) is 10.6. The molecule has 0 bridgehead atoms. The molecule has 0 aliphatic carbocycles. The maximum atomic E-state index is 6.17. The Morgan fingerprint density at radius 1 is 1.28 bits per heavy atom. The Hall–Kier alpha value is -0.860. The van der Waals surface area contributed by atoms with Gasteiger partial charge in [0.1, 0.15) is 5.75 Å². The van der Waals surface area contributed by atoms with Crippen LogP contribution in [-0.4, -0.2) is 11.1 Å². The molecule has 1 N–H and O–H groups in total. The number of nitrogens with one attached hydrogen (secondary N) is 1. The molecule has 18 heavy (non-hydrogen) atoms. The molecule has 0 saturated carbocycles. The number of aromatic nitrogens is 1. The fourth-order valence-corrected chi connectivity index (χ4v) is 2.46. The molecule has 4 heteroatoms. The Morgan fingerprint density at radius 3 is 2.78 bits per heavy atom. The van der Waals surface area contributed by atoms with Gasteiger partial charge in [0.15, 0.2) is 0 Å². The van der Waals surface area contributed by atoms with Gasteiger partial charge in [-0.25, -0.2) is 0 Å². The second-order valence-corrected chi connectivity index (χ2v) is 5.32. The second kappa shape index (κ2) is 5.85. The number of fused-ring (bicyclic) bond motifs is 1. The van der Waals surface area contributed by atoms with E-state index in [1.807, 2.05) is 12.1 Å². The van der Waals surface area contributed by atoms with Crippen molar-refractivity contribution in [1.29, 1.82) is 0 Å². The molecule has 2 rings (SSSR count). The highest BCUT2D eigenvalue weighted by Crippen LogP contribution is 2.36. The van der Waals surface area contributed by atoms with Crippen LogP contribution in [0.25, 0.3) is 10.9 Å². The molecule has 2 aromatic rings. The van der Waals surface area contributed by atoms with Gasteiger partial charge in [-0.15, -0.1) is 0 Å². The van der Waals surface area contributed by atoms with Gasteiger partial charge in [0.2, 0.25) is 0 Å². The molecule has 98 valence electrons. The van der Waals surface area contributed by atoms with E-state index in [2.05, 4.69) is 18.8 Å². The summed E-state index contributed by atoms with van der Waals surface area (Å²) in [6.07, 6.45) is 5.30. The number of benzene rings is 1. The first kappa shape index (κ1) is 13.6. The molecular formula is C14H17Cl2NO. The number of halogens is 2. The Morgan fingerprint density at radius 2 is 2.06 bits per heavy atom. The first-order valence-corrected chi connectivity index (χ1v) is 7.00. The highest BCUT2D eigenvalue weighted by molar-refractivity contribution is 6.40. The van der Waals surface area contributed by atoms with Gasteiger partial charge in [0.25, 0.3) is 0 Å². The number of hydrogen-bond acceptors (Lipinski definition) is 1. The van der Waals surface area contributed by atoms with Gasteiger partial charge >= 0.3 is 0 Å². The third-order valence-corrected chi connectivity index (χ3v) is 3.60. The van der Waals surface area contributed by atoms with Gasteiger partial charge in [-0.2, -0.15) is 0 Å². The lowest BCUT2D eigenvalue weighted by Gasteiger charge is -2.15. The van der Waals surface area contributed by atoms with Crippen LogP contribution in [0.5, 0.6) is 5.75 Å². The summed E-state index contributed by atoms with van der Waals surface area (Å²) < 4.78 is 5.96. The van der Waals surface area contributed by atoms with Crippen molar-refractivity contribution < 1.29 is 4.74 Å². The van der Waals surface area contributed by atoms with E-state index in [0.29, 0.717) is 10.0 Å². The van der Waals surface area contributed by atoms with E-state index in [9.17, 15) is 0 Å². The minimum atomic E-state index is 0.181. The van der Waals surface area contributed by atoms with Crippen LogP contribution in [0.3, 0.4) is 0 Å². The molecule has 0 amide bonds. The summed E-state index contributed by atoms with van der Waals surface area (Å²) in [6.45, 7) is 4.26. The molecule has 0 fully saturated rings. The average molecular weight is 286 g/mol. The van der Waals surface area contributed by atoms with Gasteiger partial charge in [-0.05, 0) is 25.5 Å². The molecule has 0 spiro atoms. The molecular weight excluding hydrogens is 269 g/mol. The fourth-order valence-electron chi connectivity index (χ4n) is 2.01. The quantitative estimate of drug-likeness (QED) is 0.778. The minimum absolute atomic E-state index is 0.181. The van der Waals surface area contributed by atoms with Crippen LogP contribution in [0.15, 0.2) is 18.3 Å². The number of ether oxygens (including phenoxy) is 1. The molecule has 0 aliphatic rings. The minimum Gasteiger partial charge on any atom is -0.490 e. The summed E-state index contributed by atoms with van der Waals surface area (Å²) in [5.74, 6) is 0.796. The summed E-state index contributed by atoms with van der Waals surface area (Å²) >= 11 is 12.3.